The van der Waals surface area contributed by atoms with E-state index in [-0.39, 0.29) is 6.61 Å². The van der Waals surface area contributed by atoms with Crippen LogP contribution in [0.5, 0.6) is 5.75 Å². The van der Waals surface area contributed by atoms with Crippen LogP contribution in [-0.2, 0) is 22.9 Å². The van der Waals surface area contributed by atoms with E-state index in [0.717, 1.165) is 11.6 Å². The van der Waals surface area contributed by atoms with Gasteiger partial charge in [-0.1, -0.05) is 6.92 Å². The Morgan fingerprint density at radius 2 is 1.79 bits per heavy atom. The van der Waals surface area contributed by atoms with Crippen LogP contribution in [-0.4, -0.2) is 0 Å². The molecule has 0 spiro atoms. The quantitative estimate of drug-likeness (QED) is 0.565. The Morgan fingerprint density at radius 3 is 2.37 bits per heavy atom. The van der Waals surface area contributed by atoms with Crippen LogP contribution in [0.4, 0.5) is 8.78 Å². The maximum absolute atomic E-state index is 12.9. The average Bonchev–Trinajstić information content (AvgIpc) is 2.38. The molecule has 0 amide bonds. The fourth-order valence-electron chi connectivity index (χ4n) is 1.51. The normalized spacial score (nSPS) is 9.58. The van der Waals surface area contributed by atoms with E-state index in [2.05, 4.69) is 19.7 Å². The van der Waals surface area contributed by atoms with Crippen LogP contribution >= 0.6 is 13.6 Å². The van der Waals surface area contributed by atoms with E-state index in [1.807, 2.05) is 13.0 Å². The molecule has 0 aliphatic rings. The van der Waals surface area contributed by atoms with Gasteiger partial charge in [0.05, 0.1) is 0 Å². The van der Waals surface area contributed by atoms with Gasteiger partial charge >= 0.3 is 30.0 Å². The molecule has 0 saturated carbocycles. The van der Waals surface area contributed by atoms with Crippen LogP contribution in [0.15, 0.2) is 36.4 Å². The second-order valence-corrected chi connectivity index (χ2v) is 3.77. The van der Waals surface area contributed by atoms with Crippen molar-refractivity contribution in [2.45, 2.75) is 13.5 Å². The van der Waals surface area contributed by atoms with Crippen LogP contribution in [0.25, 0.3) is 0 Å². The second-order valence-electron chi connectivity index (χ2n) is 3.77. The predicted molar refractivity (Wildman–Crippen MR) is 69.6 cm³/mol. The summed E-state index contributed by atoms with van der Waals surface area (Å²) < 4.78 is 31.3. The van der Waals surface area contributed by atoms with Gasteiger partial charge < -0.3 is 4.74 Å². The molecule has 0 aliphatic carbocycles. The molecule has 0 bridgehead atoms. The first-order valence-corrected chi connectivity index (χ1v) is 12.4. The minimum absolute atomic E-state index is 0.137. The number of aryl methyl sites for hydroxylation is 1. The van der Waals surface area contributed by atoms with E-state index in [0.29, 0.717) is 11.3 Å². The molecule has 2 aromatic rings. The SMILES string of the molecule is Cc1[c-]ccc(OCc2cc(F)cc(F)c2)c1.[Zn+][Br]. The number of benzene rings is 2. The fraction of sp³-hybridized carbons (Fsp3) is 0.143. The molecule has 0 N–H and O–H groups in total. The Morgan fingerprint density at radius 1 is 1.16 bits per heavy atom. The Balaban J connectivity index is 0.000000861. The third-order valence-electron chi connectivity index (χ3n) is 2.25. The van der Waals surface area contributed by atoms with Crippen molar-refractivity contribution in [3.63, 3.8) is 0 Å². The van der Waals surface area contributed by atoms with Gasteiger partial charge in [-0.25, -0.2) is 8.78 Å². The van der Waals surface area contributed by atoms with Gasteiger partial charge in [0.1, 0.15) is 18.2 Å². The number of halogens is 3. The summed E-state index contributed by atoms with van der Waals surface area (Å²) in [6, 6.07) is 11.7. The molecule has 1 nitrogen and oxygen atoms in total. The van der Waals surface area contributed by atoms with Gasteiger partial charge in [-0.05, 0) is 17.7 Å². The number of rotatable bonds is 3. The molecular formula is C14H11BrF2OZn. The molecule has 19 heavy (non-hydrogen) atoms. The molecule has 2 aromatic carbocycles. The summed E-state index contributed by atoms with van der Waals surface area (Å²) in [4.78, 5) is 0. The van der Waals surface area contributed by atoms with Crippen molar-refractivity contribution in [3.8, 4) is 5.75 Å². The van der Waals surface area contributed by atoms with Gasteiger partial charge in [0.2, 0.25) is 0 Å². The summed E-state index contributed by atoms with van der Waals surface area (Å²) in [6.07, 6.45) is 0. The first-order chi connectivity index (χ1) is 9.13. The molecule has 0 atom stereocenters. The predicted octanol–water partition coefficient (Wildman–Crippen LogP) is 4.50. The summed E-state index contributed by atoms with van der Waals surface area (Å²) in [6.45, 7) is 2.03. The molecule has 0 unspecified atom stereocenters. The maximum atomic E-state index is 12.9. The van der Waals surface area contributed by atoms with Crippen molar-refractivity contribution in [3.05, 3.63) is 65.2 Å². The molecule has 96 valence electrons. The zero-order valence-corrected chi connectivity index (χ0v) is 15.0. The van der Waals surface area contributed by atoms with E-state index in [4.69, 9.17) is 4.74 Å². The Hall–Kier alpha value is -0.797. The Kier molecular flexibility index (Phi) is 7.18. The topological polar surface area (TPSA) is 9.23 Å². The zero-order valence-electron chi connectivity index (χ0n) is 10.4. The summed E-state index contributed by atoms with van der Waals surface area (Å²) in [5.74, 6) is -0.534. The van der Waals surface area contributed by atoms with Gasteiger partial charge in [0, 0.05) is 11.8 Å². The zero-order chi connectivity index (χ0) is 14.3. The average molecular weight is 379 g/mol. The van der Waals surface area contributed by atoms with Crippen molar-refractivity contribution < 1.29 is 29.9 Å². The van der Waals surface area contributed by atoms with Gasteiger partial charge in [0.15, 0.2) is 0 Å². The number of ether oxygens (including phenoxy) is 1. The molecule has 0 heterocycles. The molecule has 0 aliphatic heterocycles. The molecular weight excluding hydrogens is 367 g/mol. The van der Waals surface area contributed by atoms with Crippen LogP contribution in [0, 0.1) is 24.6 Å². The van der Waals surface area contributed by atoms with Crippen LogP contribution in [0.2, 0.25) is 0 Å². The van der Waals surface area contributed by atoms with E-state index < -0.39 is 11.6 Å². The van der Waals surface area contributed by atoms with E-state index >= 15 is 0 Å². The van der Waals surface area contributed by atoms with E-state index in [1.54, 1.807) is 12.1 Å². The monoisotopic (exact) mass is 376 g/mol. The Bertz CT molecular complexity index is 514. The Labute approximate surface area is 128 Å². The minimum atomic E-state index is -0.596. The summed E-state index contributed by atoms with van der Waals surface area (Å²) in [5.41, 5.74) is 1.42. The summed E-state index contributed by atoms with van der Waals surface area (Å²) in [7, 11) is 0. The third kappa shape index (κ3) is 5.79. The van der Waals surface area contributed by atoms with Crippen LogP contribution < -0.4 is 4.74 Å². The van der Waals surface area contributed by atoms with E-state index in [9.17, 15) is 8.78 Å². The van der Waals surface area contributed by atoms with Crippen molar-refractivity contribution in [2.24, 2.45) is 0 Å². The molecule has 0 aromatic heterocycles. The van der Waals surface area contributed by atoms with Crippen LogP contribution in [0.1, 0.15) is 11.1 Å². The van der Waals surface area contributed by atoms with Crippen molar-refractivity contribution >= 4 is 13.6 Å². The van der Waals surface area contributed by atoms with Gasteiger partial charge in [0.25, 0.3) is 0 Å². The molecule has 2 rings (SSSR count). The summed E-state index contributed by atoms with van der Waals surface area (Å²) in [5, 5.41) is 0. The van der Waals surface area contributed by atoms with Gasteiger partial charge in [-0.15, -0.1) is 12.1 Å². The molecule has 0 fully saturated rings. The summed E-state index contributed by atoms with van der Waals surface area (Å²) >= 11 is 4.25. The molecule has 0 radical (unpaired) electrons. The third-order valence-corrected chi connectivity index (χ3v) is 2.25. The van der Waals surface area contributed by atoms with Crippen molar-refractivity contribution in [2.75, 3.05) is 0 Å². The fourth-order valence-corrected chi connectivity index (χ4v) is 1.51. The number of hydrogen-bond acceptors (Lipinski definition) is 1. The first-order valence-electron chi connectivity index (χ1n) is 5.46. The van der Waals surface area contributed by atoms with Gasteiger partial charge in [-0.2, -0.15) is 17.7 Å². The standard InChI is InChI=1S/C14H11F2O.BrH.Zn/c1-10-3-2-4-14(5-10)17-9-11-6-12(15)8-13(16)7-11;;/h2,4-8H,9H2,1H3;1H;/q-1;;+2/p-1. The first kappa shape index (κ1) is 16.3. The number of hydrogen-bond donors (Lipinski definition) is 0. The van der Waals surface area contributed by atoms with Gasteiger partial charge in [-0.3, -0.25) is 0 Å². The van der Waals surface area contributed by atoms with Crippen LogP contribution in [0.3, 0.4) is 0 Å². The van der Waals surface area contributed by atoms with E-state index in [1.165, 1.54) is 28.5 Å². The van der Waals surface area contributed by atoms with Crippen molar-refractivity contribution in [1.29, 1.82) is 0 Å². The molecule has 5 heteroatoms. The molecule has 0 saturated heterocycles. The second kappa shape index (κ2) is 8.39. The van der Waals surface area contributed by atoms with Crippen molar-refractivity contribution in [1.82, 2.24) is 0 Å².